The summed E-state index contributed by atoms with van der Waals surface area (Å²) in [5.41, 5.74) is 2.05. The Morgan fingerprint density at radius 3 is 2.77 bits per heavy atom. The molecule has 0 saturated heterocycles. The Hall–Kier alpha value is -3.07. The summed E-state index contributed by atoms with van der Waals surface area (Å²) < 4.78 is 15.5. The van der Waals surface area contributed by atoms with Gasteiger partial charge in [0.1, 0.15) is 5.00 Å². The molecule has 8 nitrogen and oxygen atoms in total. The highest BCUT2D eigenvalue weighted by Crippen LogP contribution is 2.38. The molecule has 0 bridgehead atoms. The number of rotatable bonds is 5. The van der Waals surface area contributed by atoms with Gasteiger partial charge in [-0.3, -0.25) is 14.9 Å². The lowest BCUT2D eigenvalue weighted by Crippen LogP contribution is -2.32. The normalized spacial score (nSPS) is 14.0. The molecule has 158 valence electrons. The molecule has 1 aromatic heterocycles. The van der Waals surface area contributed by atoms with E-state index >= 15 is 0 Å². The Kier molecular flexibility index (Phi) is 5.89. The molecule has 3 amide bonds. The van der Waals surface area contributed by atoms with E-state index in [1.165, 1.54) is 11.3 Å². The van der Waals surface area contributed by atoms with Crippen molar-refractivity contribution in [1.82, 2.24) is 5.32 Å². The van der Waals surface area contributed by atoms with Crippen LogP contribution in [0.1, 0.15) is 46.1 Å². The average molecular weight is 430 g/mol. The maximum Gasteiger partial charge on any atom is 0.414 e. The van der Waals surface area contributed by atoms with Crippen molar-refractivity contribution < 1.29 is 28.6 Å². The zero-order valence-corrected chi connectivity index (χ0v) is 17.4. The van der Waals surface area contributed by atoms with E-state index in [2.05, 4.69) is 10.6 Å². The van der Waals surface area contributed by atoms with Crippen molar-refractivity contribution in [3.05, 3.63) is 39.8 Å². The minimum Gasteiger partial charge on any atom is -0.454 e. The van der Waals surface area contributed by atoms with E-state index in [1.807, 2.05) is 0 Å². The van der Waals surface area contributed by atoms with Crippen LogP contribution in [0.15, 0.2) is 18.2 Å². The number of aryl methyl sites for hydroxylation is 1. The molecule has 1 aliphatic carbocycles. The van der Waals surface area contributed by atoms with E-state index in [0.29, 0.717) is 22.1 Å². The van der Waals surface area contributed by atoms with Crippen LogP contribution >= 0.6 is 11.3 Å². The van der Waals surface area contributed by atoms with Gasteiger partial charge in [-0.05, 0) is 55.9 Å². The molecule has 0 unspecified atom stereocenters. The Balaban J connectivity index is 1.52. The molecule has 0 radical (unpaired) electrons. The van der Waals surface area contributed by atoms with Gasteiger partial charge in [-0.2, -0.15) is 0 Å². The largest absolute Gasteiger partial charge is 0.454 e. The van der Waals surface area contributed by atoms with Crippen LogP contribution in [0.4, 0.5) is 9.80 Å². The highest BCUT2D eigenvalue weighted by atomic mass is 32.1. The van der Waals surface area contributed by atoms with Gasteiger partial charge in [0, 0.05) is 4.88 Å². The van der Waals surface area contributed by atoms with Gasteiger partial charge in [0.15, 0.2) is 11.5 Å². The number of hydrogen-bond acceptors (Lipinski definition) is 7. The molecule has 30 heavy (non-hydrogen) atoms. The summed E-state index contributed by atoms with van der Waals surface area (Å²) in [5.74, 6) is 0.466. The van der Waals surface area contributed by atoms with Crippen LogP contribution in [0, 0.1) is 0 Å². The van der Waals surface area contributed by atoms with Gasteiger partial charge in [0.2, 0.25) is 12.7 Å². The maximum absolute atomic E-state index is 12.8. The van der Waals surface area contributed by atoms with E-state index < -0.39 is 12.0 Å². The molecule has 2 aromatic rings. The van der Waals surface area contributed by atoms with Gasteiger partial charge in [0.05, 0.1) is 18.6 Å². The number of fused-ring (bicyclic) bond motifs is 2. The van der Waals surface area contributed by atoms with Crippen LogP contribution in [0.25, 0.3) is 0 Å². The van der Waals surface area contributed by atoms with E-state index in [0.717, 1.165) is 41.7 Å². The maximum atomic E-state index is 12.8. The molecule has 4 rings (SSSR count). The first-order valence-electron chi connectivity index (χ1n) is 9.86. The second kappa shape index (κ2) is 8.74. The zero-order valence-electron chi connectivity index (χ0n) is 16.5. The molecule has 0 atom stereocenters. The van der Waals surface area contributed by atoms with Crippen LogP contribution < -0.4 is 20.1 Å². The summed E-state index contributed by atoms with van der Waals surface area (Å²) in [4.78, 5) is 38.3. The van der Waals surface area contributed by atoms with Crippen molar-refractivity contribution in [1.29, 1.82) is 0 Å². The number of carbonyl (C=O) groups excluding carboxylic acids is 3. The van der Waals surface area contributed by atoms with Crippen molar-refractivity contribution in [3.63, 3.8) is 0 Å². The number of amides is 3. The topological polar surface area (TPSA) is 103 Å². The summed E-state index contributed by atoms with van der Waals surface area (Å²) in [7, 11) is 0. The lowest BCUT2D eigenvalue weighted by molar-refractivity contribution is -0.115. The van der Waals surface area contributed by atoms with Crippen LogP contribution in [-0.4, -0.2) is 31.3 Å². The molecule has 2 heterocycles. The minimum absolute atomic E-state index is 0.123. The molecule has 1 aromatic carbocycles. The summed E-state index contributed by atoms with van der Waals surface area (Å²) >= 11 is 1.40. The predicted molar refractivity (Wildman–Crippen MR) is 110 cm³/mol. The van der Waals surface area contributed by atoms with Crippen LogP contribution in [0.3, 0.4) is 0 Å². The van der Waals surface area contributed by atoms with Gasteiger partial charge < -0.3 is 19.5 Å². The summed E-state index contributed by atoms with van der Waals surface area (Å²) in [6.45, 7) is 2.00. The van der Waals surface area contributed by atoms with Gasteiger partial charge in [-0.15, -0.1) is 11.3 Å². The van der Waals surface area contributed by atoms with Crippen LogP contribution in [-0.2, 0) is 28.8 Å². The average Bonchev–Trinajstić information content (AvgIpc) is 3.31. The number of imide groups is 1. The fourth-order valence-electron chi connectivity index (χ4n) is 3.62. The van der Waals surface area contributed by atoms with E-state index in [9.17, 15) is 14.4 Å². The lowest BCUT2D eigenvalue weighted by atomic mass is 9.95. The van der Waals surface area contributed by atoms with Crippen LogP contribution in [0.5, 0.6) is 11.5 Å². The standard InChI is InChI=1S/C21H22N2O6S/c1-2-27-21(26)23-19(25)18-13-5-3-4-6-16(13)30-20(18)22-17(24)10-12-7-8-14-15(9-12)29-11-28-14/h7-9H,2-6,10-11H2,1H3,(H,22,24)(H,23,25,26). The SMILES string of the molecule is CCOC(=O)NC(=O)c1c(NC(=O)Cc2ccc3c(c2)OCO3)sc2c1CCCC2. The second-order valence-electron chi connectivity index (χ2n) is 7.00. The number of ether oxygens (including phenoxy) is 3. The number of anilines is 1. The molecule has 2 aliphatic rings. The Morgan fingerprint density at radius 1 is 1.13 bits per heavy atom. The van der Waals surface area contributed by atoms with Crippen molar-refractivity contribution in [2.75, 3.05) is 18.7 Å². The fraction of sp³-hybridized carbons (Fsp3) is 0.381. The fourth-order valence-corrected chi connectivity index (χ4v) is 4.93. The highest BCUT2D eigenvalue weighted by Gasteiger charge is 2.27. The quantitative estimate of drug-likeness (QED) is 0.753. The Labute approximate surface area is 177 Å². The number of benzene rings is 1. The Bertz CT molecular complexity index is 1000. The second-order valence-corrected chi connectivity index (χ2v) is 8.11. The Morgan fingerprint density at radius 2 is 1.93 bits per heavy atom. The number of nitrogens with one attached hydrogen (secondary N) is 2. The van der Waals surface area contributed by atoms with Crippen molar-refractivity contribution in [2.24, 2.45) is 0 Å². The third-order valence-electron chi connectivity index (χ3n) is 4.94. The molecular weight excluding hydrogens is 408 g/mol. The number of carbonyl (C=O) groups is 3. The first-order chi connectivity index (χ1) is 14.5. The van der Waals surface area contributed by atoms with Gasteiger partial charge in [0.25, 0.3) is 5.91 Å². The summed E-state index contributed by atoms with van der Waals surface area (Å²) in [6.07, 6.45) is 2.94. The van der Waals surface area contributed by atoms with Gasteiger partial charge in [-0.1, -0.05) is 6.07 Å². The first kappa shape index (κ1) is 20.2. The molecule has 0 saturated carbocycles. The van der Waals surface area contributed by atoms with Gasteiger partial charge >= 0.3 is 6.09 Å². The summed E-state index contributed by atoms with van der Waals surface area (Å²) in [6, 6.07) is 5.35. The first-order valence-corrected chi connectivity index (χ1v) is 10.7. The molecular formula is C21H22N2O6S. The van der Waals surface area contributed by atoms with E-state index in [-0.39, 0.29) is 25.7 Å². The van der Waals surface area contributed by atoms with E-state index in [1.54, 1.807) is 25.1 Å². The third kappa shape index (κ3) is 4.25. The monoisotopic (exact) mass is 430 g/mol. The molecule has 0 spiro atoms. The van der Waals surface area contributed by atoms with Crippen molar-refractivity contribution in [3.8, 4) is 11.5 Å². The predicted octanol–water partition coefficient (Wildman–Crippen LogP) is 3.42. The highest BCUT2D eigenvalue weighted by molar-refractivity contribution is 7.17. The van der Waals surface area contributed by atoms with Crippen LogP contribution in [0.2, 0.25) is 0 Å². The van der Waals surface area contributed by atoms with E-state index in [4.69, 9.17) is 14.2 Å². The van der Waals surface area contributed by atoms with Crippen molar-refractivity contribution in [2.45, 2.75) is 39.0 Å². The molecule has 1 aliphatic heterocycles. The third-order valence-corrected chi connectivity index (χ3v) is 6.15. The minimum atomic E-state index is -0.795. The number of alkyl carbamates (subject to hydrolysis) is 1. The van der Waals surface area contributed by atoms with Crippen molar-refractivity contribution >= 4 is 34.2 Å². The smallest absolute Gasteiger partial charge is 0.414 e. The molecule has 0 fully saturated rings. The lowest BCUT2D eigenvalue weighted by Gasteiger charge is -2.13. The summed E-state index contributed by atoms with van der Waals surface area (Å²) in [5, 5.41) is 5.58. The van der Waals surface area contributed by atoms with Gasteiger partial charge in [-0.25, -0.2) is 4.79 Å². The number of hydrogen-bond donors (Lipinski definition) is 2. The zero-order chi connectivity index (χ0) is 21.1. The molecule has 9 heteroatoms. The number of thiophene rings is 1. The molecule has 2 N–H and O–H groups in total.